The van der Waals surface area contributed by atoms with Crippen LogP contribution in [-0.4, -0.2) is 33.6 Å². The Bertz CT molecular complexity index is 368. The Labute approximate surface area is 110 Å². The van der Waals surface area contributed by atoms with E-state index < -0.39 is 0 Å². The summed E-state index contributed by atoms with van der Waals surface area (Å²) in [5.74, 6) is 0. The van der Waals surface area contributed by atoms with Crippen LogP contribution in [0, 0.1) is 0 Å². The van der Waals surface area contributed by atoms with Crippen LogP contribution in [-0.2, 0) is 0 Å². The van der Waals surface area contributed by atoms with Gasteiger partial charge in [0.2, 0.25) is 0 Å². The molecule has 0 saturated heterocycles. The molecule has 102 valence electrons. The second-order valence-corrected chi connectivity index (χ2v) is 5.54. The molecule has 0 bridgehead atoms. The molecule has 1 saturated carbocycles. The lowest BCUT2D eigenvalue weighted by Crippen LogP contribution is -2.40. The van der Waals surface area contributed by atoms with E-state index in [1.54, 1.807) is 0 Å². The first-order chi connectivity index (χ1) is 8.69. The van der Waals surface area contributed by atoms with Gasteiger partial charge in [0, 0.05) is 24.8 Å². The van der Waals surface area contributed by atoms with Crippen LogP contribution in [0.1, 0.15) is 57.8 Å². The van der Waals surface area contributed by atoms with Crippen molar-refractivity contribution in [2.45, 2.75) is 58.2 Å². The fraction of sp³-hybridized carbons (Fsp3) is 0.786. The summed E-state index contributed by atoms with van der Waals surface area (Å²) in [4.78, 5) is 6.83. The van der Waals surface area contributed by atoms with Crippen LogP contribution >= 0.6 is 0 Å². The molecule has 0 radical (unpaired) electrons. The van der Waals surface area contributed by atoms with Gasteiger partial charge in [-0.3, -0.25) is 4.90 Å². The van der Waals surface area contributed by atoms with Gasteiger partial charge in [-0.2, -0.15) is 0 Å². The lowest BCUT2D eigenvalue weighted by atomic mass is 10.1. The summed E-state index contributed by atoms with van der Waals surface area (Å²) < 4.78 is 2.34. The largest absolute Gasteiger partial charge is 0.330 e. The molecular weight excluding hydrogens is 224 g/mol. The van der Waals surface area contributed by atoms with E-state index in [1.165, 1.54) is 18.5 Å². The SMILES string of the molecule is CCCN(C(C)C)C(CN)c1cncn1C1CC1. The average Bonchev–Trinajstić information content (AvgIpc) is 3.08. The molecule has 0 amide bonds. The third kappa shape index (κ3) is 2.75. The van der Waals surface area contributed by atoms with Crippen LogP contribution in [0.15, 0.2) is 12.5 Å². The molecule has 1 aromatic heterocycles. The standard InChI is InChI=1S/C14H26N4/c1-4-7-17(11(2)3)13(8-15)14-9-16-10-18(14)12-5-6-12/h9-13H,4-8,15H2,1-3H3. The summed E-state index contributed by atoms with van der Waals surface area (Å²) in [7, 11) is 0. The Morgan fingerprint density at radius 3 is 2.72 bits per heavy atom. The van der Waals surface area contributed by atoms with Crippen molar-refractivity contribution < 1.29 is 0 Å². The van der Waals surface area contributed by atoms with E-state index in [2.05, 4.69) is 35.2 Å². The second-order valence-electron chi connectivity index (χ2n) is 5.54. The maximum atomic E-state index is 6.04. The number of rotatable bonds is 7. The van der Waals surface area contributed by atoms with Crippen molar-refractivity contribution in [1.29, 1.82) is 0 Å². The van der Waals surface area contributed by atoms with E-state index in [0.29, 0.717) is 24.7 Å². The third-order valence-corrected chi connectivity index (χ3v) is 3.75. The molecule has 1 heterocycles. The molecule has 1 atom stereocenters. The predicted octanol–water partition coefficient (Wildman–Crippen LogP) is 2.34. The Morgan fingerprint density at radius 2 is 2.22 bits per heavy atom. The van der Waals surface area contributed by atoms with Crippen molar-refractivity contribution in [2.75, 3.05) is 13.1 Å². The molecule has 1 aliphatic carbocycles. The quantitative estimate of drug-likeness (QED) is 0.808. The second kappa shape index (κ2) is 5.85. The average molecular weight is 250 g/mol. The smallest absolute Gasteiger partial charge is 0.0951 e. The molecule has 1 aromatic rings. The molecule has 2 rings (SSSR count). The number of aromatic nitrogens is 2. The molecule has 4 heteroatoms. The fourth-order valence-electron chi connectivity index (χ4n) is 2.69. The fourth-order valence-corrected chi connectivity index (χ4v) is 2.69. The van der Waals surface area contributed by atoms with Gasteiger partial charge < -0.3 is 10.3 Å². The highest BCUT2D eigenvalue weighted by Gasteiger charge is 2.30. The summed E-state index contributed by atoms with van der Waals surface area (Å²) in [5, 5.41) is 0. The van der Waals surface area contributed by atoms with Crippen LogP contribution in [0.4, 0.5) is 0 Å². The highest BCUT2D eigenvalue weighted by molar-refractivity contribution is 5.10. The Kier molecular flexibility index (Phi) is 4.40. The summed E-state index contributed by atoms with van der Waals surface area (Å²) in [6.07, 6.45) is 7.71. The van der Waals surface area contributed by atoms with Crippen LogP contribution in [0.5, 0.6) is 0 Å². The number of hydrogen-bond donors (Lipinski definition) is 1. The highest BCUT2D eigenvalue weighted by atomic mass is 15.2. The van der Waals surface area contributed by atoms with E-state index in [0.717, 1.165) is 13.0 Å². The molecule has 0 aliphatic heterocycles. The van der Waals surface area contributed by atoms with Crippen molar-refractivity contribution in [2.24, 2.45) is 5.73 Å². The number of nitrogens with zero attached hydrogens (tertiary/aromatic N) is 3. The Morgan fingerprint density at radius 1 is 1.50 bits per heavy atom. The third-order valence-electron chi connectivity index (χ3n) is 3.75. The van der Waals surface area contributed by atoms with Gasteiger partial charge in [-0.25, -0.2) is 4.98 Å². The van der Waals surface area contributed by atoms with Crippen LogP contribution in [0.2, 0.25) is 0 Å². The van der Waals surface area contributed by atoms with E-state index >= 15 is 0 Å². The maximum absolute atomic E-state index is 6.04. The first kappa shape index (κ1) is 13.6. The van der Waals surface area contributed by atoms with Gasteiger partial charge in [-0.15, -0.1) is 0 Å². The molecule has 1 unspecified atom stereocenters. The van der Waals surface area contributed by atoms with Crippen molar-refractivity contribution in [1.82, 2.24) is 14.5 Å². The minimum absolute atomic E-state index is 0.299. The van der Waals surface area contributed by atoms with Gasteiger partial charge >= 0.3 is 0 Å². The normalized spacial score (nSPS) is 17.7. The molecule has 1 fully saturated rings. The topological polar surface area (TPSA) is 47.1 Å². The summed E-state index contributed by atoms with van der Waals surface area (Å²) >= 11 is 0. The Hall–Kier alpha value is -0.870. The van der Waals surface area contributed by atoms with Crippen LogP contribution < -0.4 is 5.73 Å². The predicted molar refractivity (Wildman–Crippen MR) is 74.4 cm³/mol. The van der Waals surface area contributed by atoms with Gasteiger partial charge in [-0.05, 0) is 39.7 Å². The zero-order chi connectivity index (χ0) is 13.1. The van der Waals surface area contributed by atoms with E-state index in [1.807, 2.05) is 12.5 Å². The molecule has 1 aliphatic rings. The molecule has 4 nitrogen and oxygen atoms in total. The van der Waals surface area contributed by atoms with Crippen molar-refractivity contribution >= 4 is 0 Å². The zero-order valence-electron chi connectivity index (χ0n) is 11.8. The maximum Gasteiger partial charge on any atom is 0.0951 e. The zero-order valence-corrected chi connectivity index (χ0v) is 11.8. The van der Waals surface area contributed by atoms with E-state index in [-0.39, 0.29) is 0 Å². The Balaban J connectivity index is 2.22. The van der Waals surface area contributed by atoms with E-state index in [9.17, 15) is 0 Å². The van der Waals surface area contributed by atoms with Gasteiger partial charge in [-0.1, -0.05) is 6.92 Å². The minimum Gasteiger partial charge on any atom is -0.330 e. The minimum atomic E-state index is 0.299. The number of nitrogens with two attached hydrogens (primary N) is 1. The highest BCUT2D eigenvalue weighted by Crippen LogP contribution is 2.37. The van der Waals surface area contributed by atoms with Crippen molar-refractivity contribution in [3.05, 3.63) is 18.2 Å². The molecule has 0 aromatic carbocycles. The van der Waals surface area contributed by atoms with Crippen LogP contribution in [0.25, 0.3) is 0 Å². The summed E-state index contributed by atoms with van der Waals surface area (Å²) in [6.45, 7) is 8.47. The van der Waals surface area contributed by atoms with Gasteiger partial charge in [0.05, 0.1) is 18.1 Å². The van der Waals surface area contributed by atoms with Crippen molar-refractivity contribution in [3.8, 4) is 0 Å². The summed E-state index contributed by atoms with van der Waals surface area (Å²) in [5.41, 5.74) is 7.33. The molecule has 2 N–H and O–H groups in total. The number of hydrogen-bond acceptors (Lipinski definition) is 3. The number of imidazole rings is 1. The lowest BCUT2D eigenvalue weighted by molar-refractivity contribution is 0.151. The molecular formula is C14H26N4. The molecule has 0 spiro atoms. The van der Waals surface area contributed by atoms with Crippen molar-refractivity contribution in [3.63, 3.8) is 0 Å². The molecule has 18 heavy (non-hydrogen) atoms. The van der Waals surface area contributed by atoms with E-state index in [4.69, 9.17) is 5.73 Å². The monoisotopic (exact) mass is 250 g/mol. The summed E-state index contributed by atoms with van der Waals surface area (Å²) in [6, 6.07) is 1.49. The van der Waals surface area contributed by atoms with Gasteiger partial charge in [0.1, 0.15) is 0 Å². The first-order valence-corrected chi connectivity index (χ1v) is 7.16. The first-order valence-electron chi connectivity index (χ1n) is 7.16. The lowest BCUT2D eigenvalue weighted by Gasteiger charge is -2.34. The van der Waals surface area contributed by atoms with Gasteiger partial charge in [0.25, 0.3) is 0 Å². The van der Waals surface area contributed by atoms with Gasteiger partial charge in [0.15, 0.2) is 0 Å². The van der Waals surface area contributed by atoms with Crippen LogP contribution in [0.3, 0.4) is 0 Å².